The monoisotopic (exact) mass is 499 g/mol. The number of morpholine rings is 1. The Kier molecular flexibility index (Phi) is 7.25. The van der Waals surface area contributed by atoms with Crippen molar-refractivity contribution in [1.29, 1.82) is 0 Å². The average Bonchev–Trinajstić information content (AvgIpc) is 3.32. The van der Waals surface area contributed by atoms with Crippen molar-refractivity contribution < 1.29 is 19.1 Å². The van der Waals surface area contributed by atoms with Crippen LogP contribution in [0.25, 0.3) is 22.3 Å². The molecule has 1 amide bonds. The molecule has 0 bridgehead atoms. The first-order valence-corrected chi connectivity index (χ1v) is 12.3. The number of anilines is 1. The standard InChI is InChI=1S/C28H29N5O4/c1-18-13-20(15-22(14-18)37-12-9-33-7-10-36-11-8-33)28(35)29-21-4-3-19(2)24(16-21)25-6-5-23-26(17-34)31-32-27(23)30-25/h3-6,13-17H,7-12H2,1-2H3,(H,29,35)(H,30,31,32). The van der Waals surface area contributed by atoms with Crippen LogP contribution in [0.15, 0.2) is 48.5 Å². The summed E-state index contributed by atoms with van der Waals surface area (Å²) in [6.07, 6.45) is 0.726. The van der Waals surface area contributed by atoms with Crippen LogP contribution in [-0.2, 0) is 4.74 Å². The molecule has 0 saturated carbocycles. The smallest absolute Gasteiger partial charge is 0.255 e. The third-order valence-corrected chi connectivity index (χ3v) is 6.43. The van der Waals surface area contributed by atoms with Crippen molar-refractivity contribution in [3.63, 3.8) is 0 Å². The quantitative estimate of drug-likeness (QED) is 0.353. The summed E-state index contributed by atoms with van der Waals surface area (Å²) in [6.45, 7) is 8.63. The van der Waals surface area contributed by atoms with E-state index in [1.165, 1.54) is 0 Å². The van der Waals surface area contributed by atoms with Gasteiger partial charge in [-0.05, 0) is 67.4 Å². The van der Waals surface area contributed by atoms with Gasteiger partial charge in [-0.1, -0.05) is 6.07 Å². The summed E-state index contributed by atoms with van der Waals surface area (Å²) in [7, 11) is 0. The van der Waals surface area contributed by atoms with Gasteiger partial charge in [0.25, 0.3) is 5.91 Å². The first-order chi connectivity index (χ1) is 18.0. The molecule has 1 saturated heterocycles. The summed E-state index contributed by atoms with van der Waals surface area (Å²) in [4.78, 5) is 31.2. The Morgan fingerprint density at radius 2 is 1.97 bits per heavy atom. The van der Waals surface area contributed by atoms with E-state index in [1.807, 2.05) is 56.3 Å². The molecule has 0 radical (unpaired) electrons. The summed E-state index contributed by atoms with van der Waals surface area (Å²) in [5.41, 5.74) is 5.57. The summed E-state index contributed by atoms with van der Waals surface area (Å²) in [5.74, 6) is 0.456. The maximum atomic E-state index is 13.1. The van der Waals surface area contributed by atoms with Gasteiger partial charge in [-0.15, -0.1) is 0 Å². The molecule has 190 valence electrons. The number of aromatic nitrogens is 3. The second kappa shape index (κ2) is 10.9. The lowest BCUT2D eigenvalue weighted by molar-refractivity contribution is 0.0322. The second-order valence-corrected chi connectivity index (χ2v) is 9.14. The number of fused-ring (bicyclic) bond motifs is 1. The number of nitrogens with one attached hydrogen (secondary N) is 2. The molecule has 1 aliphatic rings. The number of H-pyrrole nitrogens is 1. The van der Waals surface area contributed by atoms with E-state index >= 15 is 0 Å². The van der Waals surface area contributed by atoms with Crippen LogP contribution < -0.4 is 10.1 Å². The fraction of sp³-hybridized carbons (Fsp3) is 0.286. The maximum Gasteiger partial charge on any atom is 0.255 e. The van der Waals surface area contributed by atoms with Gasteiger partial charge in [0.1, 0.15) is 18.1 Å². The Morgan fingerprint density at radius 1 is 1.14 bits per heavy atom. The molecule has 1 aliphatic heterocycles. The van der Waals surface area contributed by atoms with Crippen molar-refractivity contribution in [3.8, 4) is 17.0 Å². The zero-order valence-corrected chi connectivity index (χ0v) is 20.9. The Labute approximate surface area is 214 Å². The minimum atomic E-state index is -0.220. The summed E-state index contributed by atoms with van der Waals surface area (Å²) in [6, 6.07) is 14.9. The summed E-state index contributed by atoms with van der Waals surface area (Å²) < 4.78 is 11.4. The molecule has 2 aromatic carbocycles. The lowest BCUT2D eigenvalue weighted by atomic mass is 10.0. The van der Waals surface area contributed by atoms with E-state index in [9.17, 15) is 9.59 Å². The van der Waals surface area contributed by atoms with Gasteiger partial charge in [-0.25, -0.2) is 4.98 Å². The van der Waals surface area contributed by atoms with E-state index < -0.39 is 0 Å². The number of carbonyl (C=O) groups is 2. The van der Waals surface area contributed by atoms with Gasteiger partial charge < -0.3 is 14.8 Å². The molecule has 0 aliphatic carbocycles. The molecule has 4 aromatic rings. The zero-order chi connectivity index (χ0) is 25.8. The zero-order valence-electron chi connectivity index (χ0n) is 20.9. The van der Waals surface area contributed by atoms with Crippen molar-refractivity contribution in [2.45, 2.75) is 13.8 Å². The molecule has 0 atom stereocenters. The van der Waals surface area contributed by atoms with Crippen LogP contribution >= 0.6 is 0 Å². The highest BCUT2D eigenvalue weighted by atomic mass is 16.5. The minimum absolute atomic E-state index is 0.220. The largest absolute Gasteiger partial charge is 0.492 e. The number of hydrogen-bond acceptors (Lipinski definition) is 7. The Bertz CT molecular complexity index is 1440. The lowest BCUT2D eigenvalue weighted by Crippen LogP contribution is -2.38. The normalized spacial score (nSPS) is 14.0. The molecule has 9 heteroatoms. The highest BCUT2D eigenvalue weighted by Crippen LogP contribution is 2.28. The van der Waals surface area contributed by atoms with E-state index in [-0.39, 0.29) is 5.91 Å². The number of amides is 1. The van der Waals surface area contributed by atoms with Gasteiger partial charge >= 0.3 is 0 Å². The van der Waals surface area contributed by atoms with Crippen molar-refractivity contribution in [2.75, 3.05) is 44.8 Å². The first-order valence-electron chi connectivity index (χ1n) is 12.3. The molecule has 1 fully saturated rings. The van der Waals surface area contributed by atoms with Crippen molar-refractivity contribution >= 4 is 28.9 Å². The third kappa shape index (κ3) is 5.68. The fourth-order valence-corrected chi connectivity index (χ4v) is 4.42. The van der Waals surface area contributed by atoms with Gasteiger partial charge in [0.15, 0.2) is 11.9 Å². The number of pyridine rings is 1. The molecule has 9 nitrogen and oxygen atoms in total. The summed E-state index contributed by atoms with van der Waals surface area (Å²) >= 11 is 0. The topological polar surface area (TPSA) is 109 Å². The van der Waals surface area contributed by atoms with Crippen molar-refractivity contribution in [3.05, 3.63) is 70.9 Å². The number of nitrogens with zero attached hydrogens (tertiary/aromatic N) is 3. The van der Waals surface area contributed by atoms with Crippen LogP contribution in [0.5, 0.6) is 5.75 Å². The van der Waals surface area contributed by atoms with Gasteiger partial charge in [-0.2, -0.15) is 5.10 Å². The highest BCUT2D eigenvalue weighted by Gasteiger charge is 2.14. The van der Waals surface area contributed by atoms with Crippen LogP contribution in [0.1, 0.15) is 32.0 Å². The van der Waals surface area contributed by atoms with E-state index in [1.54, 1.807) is 6.07 Å². The number of aldehydes is 1. The molecular formula is C28H29N5O4. The number of hydrogen-bond donors (Lipinski definition) is 2. The van der Waals surface area contributed by atoms with Crippen LogP contribution in [0, 0.1) is 13.8 Å². The predicted molar refractivity (Wildman–Crippen MR) is 141 cm³/mol. The molecule has 3 heterocycles. The summed E-state index contributed by atoms with van der Waals surface area (Å²) in [5, 5.41) is 10.5. The predicted octanol–water partition coefficient (Wildman–Crippen LogP) is 4.02. The van der Waals surface area contributed by atoms with Crippen LogP contribution in [0.3, 0.4) is 0 Å². The number of aromatic amines is 1. The molecule has 0 spiro atoms. The minimum Gasteiger partial charge on any atom is -0.492 e. The number of rotatable bonds is 8. The third-order valence-electron chi connectivity index (χ3n) is 6.43. The van der Waals surface area contributed by atoms with Gasteiger partial charge in [0.05, 0.1) is 18.9 Å². The molecule has 5 rings (SSSR count). The number of ether oxygens (including phenoxy) is 2. The van der Waals surface area contributed by atoms with Crippen LogP contribution in [0.4, 0.5) is 5.69 Å². The molecule has 2 aromatic heterocycles. The molecular weight excluding hydrogens is 470 g/mol. The average molecular weight is 500 g/mol. The maximum absolute atomic E-state index is 13.1. The molecule has 2 N–H and O–H groups in total. The van der Waals surface area contributed by atoms with Crippen LogP contribution in [0.2, 0.25) is 0 Å². The van der Waals surface area contributed by atoms with Crippen molar-refractivity contribution in [1.82, 2.24) is 20.1 Å². The first kappa shape index (κ1) is 24.6. The Hall–Kier alpha value is -4.08. The van der Waals surface area contributed by atoms with E-state index in [0.29, 0.717) is 46.0 Å². The molecule has 37 heavy (non-hydrogen) atoms. The van der Waals surface area contributed by atoms with Gasteiger partial charge in [-0.3, -0.25) is 19.6 Å². The van der Waals surface area contributed by atoms with Crippen LogP contribution in [-0.4, -0.2) is 71.7 Å². The van der Waals surface area contributed by atoms with Crippen molar-refractivity contribution in [2.24, 2.45) is 0 Å². The Balaban J connectivity index is 1.30. The number of aryl methyl sites for hydroxylation is 2. The van der Waals surface area contributed by atoms with Gasteiger partial charge in [0.2, 0.25) is 0 Å². The number of carbonyl (C=O) groups excluding carboxylic acids is 2. The van der Waals surface area contributed by atoms with E-state index in [4.69, 9.17) is 9.47 Å². The molecule has 0 unspecified atom stereocenters. The highest BCUT2D eigenvalue weighted by molar-refractivity contribution is 6.05. The second-order valence-electron chi connectivity index (χ2n) is 9.14. The van der Waals surface area contributed by atoms with E-state index in [2.05, 4.69) is 25.4 Å². The fourth-order valence-electron chi connectivity index (χ4n) is 4.42. The van der Waals surface area contributed by atoms with E-state index in [0.717, 1.165) is 55.8 Å². The Morgan fingerprint density at radius 3 is 2.78 bits per heavy atom. The van der Waals surface area contributed by atoms with Gasteiger partial charge in [0, 0.05) is 41.8 Å². The number of benzene rings is 2. The lowest BCUT2D eigenvalue weighted by Gasteiger charge is -2.26. The SMILES string of the molecule is Cc1cc(OCCN2CCOCC2)cc(C(=O)Nc2ccc(C)c(-c3ccc4c(C=O)[nH]nc4n3)c2)c1.